The van der Waals surface area contributed by atoms with E-state index in [1.54, 1.807) is 12.5 Å². The zero-order chi connectivity index (χ0) is 11.8. The molecule has 0 unspecified atom stereocenters. The molecule has 0 spiro atoms. The zero-order valence-electron chi connectivity index (χ0n) is 9.02. The quantitative estimate of drug-likeness (QED) is 0.358. The van der Waals surface area contributed by atoms with E-state index >= 15 is 0 Å². The molecule has 0 rings (SSSR count). The molecule has 0 saturated carbocycles. The van der Waals surface area contributed by atoms with E-state index in [0.29, 0.717) is 0 Å². The highest BCUT2D eigenvalue weighted by atomic mass is 32.2. The van der Waals surface area contributed by atoms with Gasteiger partial charge in [0.05, 0.1) is 0 Å². The second kappa shape index (κ2) is 7.47. The third-order valence-electron chi connectivity index (χ3n) is 1.42. The van der Waals surface area contributed by atoms with Crippen molar-refractivity contribution in [1.82, 2.24) is 8.61 Å². The summed E-state index contributed by atoms with van der Waals surface area (Å²) in [5, 5.41) is 7.46. The van der Waals surface area contributed by atoms with Crippen LogP contribution in [0.15, 0.2) is 12.7 Å². The lowest BCUT2D eigenvalue weighted by molar-refractivity contribution is 0.209. The fraction of sp³-hybridized carbons (Fsp3) is 0.500. The van der Waals surface area contributed by atoms with Gasteiger partial charge in [0.15, 0.2) is 0 Å². The maximum atomic E-state index is 11.7. The molecule has 0 aromatic heterocycles. The molecule has 0 aliphatic rings. The molecule has 0 heterocycles. The molecule has 5 nitrogen and oxygen atoms in total. The van der Waals surface area contributed by atoms with Crippen LogP contribution in [0.5, 0.6) is 0 Å². The van der Waals surface area contributed by atoms with Gasteiger partial charge in [0.2, 0.25) is 0 Å². The van der Waals surface area contributed by atoms with Gasteiger partial charge in [-0.1, -0.05) is 12.7 Å². The van der Waals surface area contributed by atoms with E-state index in [4.69, 9.17) is 10.1 Å². The average Bonchev–Trinajstić information content (AvgIpc) is 2.26. The van der Waals surface area contributed by atoms with Gasteiger partial charge in [-0.2, -0.15) is 0 Å². The number of carbonyl (C=O) groups is 1. The molecule has 0 aromatic carbocycles. The summed E-state index contributed by atoms with van der Waals surface area (Å²) in [6.45, 7) is 3.68. The minimum atomic E-state index is -0.302. The Hall–Kier alpha value is -0.820. The average molecular weight is 249 g/mol. The first-order chi connectivity index (χ1) is 7.08. The van der Waals surface area contributed by atoms with E-state index in [0.717, 1.165) is 4.90 Å². The van der Waals surface area contributed by atoms with Crippen LogP contribution < -0.4 is 0 Å². The van der Waals surface area contributed by atoms with Crippen molar-refractivity contribution in [1.29, 1.82) is 5.41 Å². The Morgan fingerprint density at radius 1 is 1.53 bits per heavy atom. The van der Waals surface area contributed by atoms with E-state index < -0.39 is 0 Å². The molecule has 2 amide bonds. The first kappa shape index (κ1) is 14.2. The monoisotopic (exact) mass is 249 g/mol. The summed E-state index contributed by atoms with van der Waals surface area (Å²) in [5.41, 5.74) is 0. The lowest BCUT2D eigenvalue weighted by atomic mass is 10.7. The molecule has 15 heavy (non-hydrogen) atoms. The van der Waals surface area contributed by atoms with Crippen molar-refractivity contribution in [3.63, 3.8) is 0 Å². The van der Waals surface area contributed by atoms with Crippen molar-refractivity contribution >= 4 is 35.9 Å². The van der Waals surface area contributed by atoms with Crippen LogP contribution in [0, 0.1) is 5.41 Å². The van der Waals surface area contributed by atoms with Crippen LogP contribution in [0.4, 0.5) is 4.79 Å². The molecule has 0 saturated heterocycles. The van der Waals surface area contributed by atoms with E-state index in [9.17, 15) is 4.79 Å². The normalized spacial score (nSPS) is 9.27. The van der Waals surface area contributed by atoms with E-state index in [2.05, 4.69) is 6.58 Å². The maximum Gasteiger partial charge on any atom is 0.348 e. The van der Waals surface area contributed by atoms with E-state index in [-0.39, 0.29) is 18.7 Å². The molecule has 86 valence electrons. The molecular formula is C8H15N3O2S2. The summed E-state index contributed by atoms with van der Waals surface area (Å²) < 4.78 is 6.39. The van der Waals surface area contributed by atoms with Gasteiger partial charge in [0, 0.05) is 19.6 Å². The van der Waals surface area contributed by atoms with Gasteiger partial charge in [-0.05, 0) is 23.9 Å². The Morgan fingerprint density at radius 3 is 2.47 bits per heavy atom. The fourth-order valence-electron chi connectivity index (χ4n) is 0.675. The van der Waals surface area contributed by atoms with Crippen molar-refractivity contribution in [2.45, 2.75) is 0 Å². The lowest BCUT2D eigenvalue weighted by Gasteiger charge is -2.23. The molecular weight excluding hydrogens is 234 g/mol. The molecule has 7 heteroatoms. The number of rotatable bonds is 4. The predicted molar refractivity (Wildman–Crippen MR) is 65.9 cm³/mol. The number of hydrogen-bond acceptors (Lipinski definition) is 5. The van der Waals surface area contributed by atoms with Crippen LogP contribution >= 0.6 is 23.9 Å². The summed E-state index contributed by atoms with van der Waals surface area (Å²) in [6, 6.07) is -0.489. The van der Waals surface area contributed by atoms with Crippen molar-refractivity contribution < 1.29 is 9.53 Å². The summed E-state index contributed by atoms with van der Waals surface area (Å²) >= 11 is 2.56. The van der Waals surface area contributed by atoms with Gasteiger partial charge in [0.1, 0.15) is 6.61 Å². The standard InChI is InChI=1S/C8H15N3O2S2/c1-5-6-13-7(9)10(2)8(12)11(14-3)15-4/h5,9H,1,6H2,2-4H3. The fourth-order valence-corrected chi connectivity index (χ4v) is 1.83. The summed E-state index contributed by atoms with van der Waals surface area (Å²) in [4.78, 5) is 12.8. The van der Waals surface area contributed by atoms with E-state index in [1.165, 1.54) is 40.7 Å². The van der Waals surface area contributed by atoms with Crippen LogP contribution in [0.3, 0.4) is 0 Å². The number of nitrogens with one attached hydrogen (secondary N) is 1. The van der Waals surface area contributed by atoms with Crippen molar-refractivity contribution in [3.8, 4) is 0 Å². The number of urea groups is 1. The second-order valence-electron chi connectivity index (χ2n) is 2.37. The maximum absolute atomic E-state index is 11.7. The number of hydrogen-bond donors (Lipinski definition) is 1. The van der Waals surface area contributed by atoms with Crippen molar-refractivity contribution in [2.24, 2.45) is 0 Å². The van der Waals surface area contributed by atoms with Crippen LogP contribution in [-0.2, 0) is 4.74 Å². The highest BCUT2D eigenvalue weighted by Gasteiger charge is 2.20. The highest BCUT2D eigenvalue weighted by Crippen LogP contribution is 2.18. The molecule has 0 aliphatic heterocycles. The third kappa shape index (κ3) is 4.48. The summed E-state index contributed by atoms with van der Waals surface area (Å²) in [6.07, 6.45) is 5.10. The number of amides is 2. The topological polar surface area (TPSA) is 56.6 Å². The lowest BCUT2D eigenvalue weighted by Crippen LogP contribution is -2.39. The van der Waals surface area contributed by atoms with Gasteiger partial charge in [0.25, 0.3) is 6.02 Å². The molecule has 1 N–H and O–H groups in total. The molecule has 0 radical (unpaired) electrons. The highest BCUT2D eigenvalue weighted by molar-refractivity contribution is 8.12. The molecule has 0 aromatic rings. The van der Waals surface area contributed by atoms with Crippen LogP contribution in [0.2, 0.25) is 0 Å². The largest absolute Gasteiger partial charge is 0.461 e. The van der Waals surface area contributed by atoms with Gasteiger partial charge in [-0.15, -0.1) is 0 Å². The number of carbonyl (C=O) groups excluding carboxylic acids is 1. The molecule has 0 aliphatic carbocycles. The van der Waals surface area contributed by atoms with Gasteiger partial charge >= 0.3 is 6.03 Å². The Bertz CT molecular complexity index is 244. The predicted octanol–water partition coefficient (Wildman–Crippen LogP) is 2.03. The number of ether oxygens (including phenoxy) is 1. The van der Waals surface area contributed by atoms with Gasteiger partial charge in [-0.3, -0.25) is 5.41 Å². The van der Waals surface area contributed by atoms with Gasteiger partial charge < -0.3 is 4.74 Å². The minimum absolute atomic E-state index is 0.187. The number of amidine groups is 1. The molecule has 0 fully saturated rings. The van der Waals surface area contributed by atoms with Gasteiger partial charge in [-0.25, -0.2) is 13.4 Å². The smallest absolute Gasteiger partial charge is 0.348 e. The molecule has 0 atom stereocenters. The third-order valence-corrected chi connectivity index (χ3v) is 3.29. The first-order valence-corrected chi connectivity index (χ1v) is 6.43. The molecule has 0 bridgehead atoms. The van der Waals surface area contributed by atoms with Crippen molar-refractivity contribution in [2.75, 3.05) is 26.2 Å². The zero-order valence-corrected chi connectivity index (χ0v) is 10.7. The van der Waals surface area contributed by atoms with Crippen molar-refractivity contribution in [3.05, 3.63) is 12.7 Å². The van der Waals surface area contributed by atoms with E-state index in [1.807, 2.05) is 0 Å². The number of nitrogens with zero attached hydrogens (tertiary/aromatic N) is 2. The summed E-state index contributed by atoms with van der Waals surface area (Å²) in [7, 11) is 1.49. The Labute approximate surface area is 98.6 Å². The first-order valence-electron chi connectivity index (χ1n) is 4.06. The minimum Gasteiger partial charge on any atom is -0.461 e. The van der Waals surface area contributed by atoms with Crippen LogP contribution in [-0.4, -0.2) is 46.8 Å². The van der Waals surface area contributed by atoms with Crippen LogP contribution in [0.25, 0.3) is 0 Å². The Kier molecular flexibility index (Phi) is 7.06. The Morgan fingerprint density at radius 2 is 2.07 bits per heavy atom. The second-order valence-corrected chi connectivity index (χ2v) is 4.06. The SMILES string of the molecule is C=CCOC(=N)N(C)C(=O)N(SC)SC. The Balaban J connectivity index is 4.29. The summed E-state index contributed by atoms with van der Waals surface area (Å²) in [5.74, 6) is 0. The van der Waals surface area contributed by atoms with Crippen LogP contribution in [0.1, 0.15) is 0 Å².